The zero-order valence-electron chi connectivity index (χ0n) is 32.9. The van der Waals surface area contributed by atoms with Gasteiger partial charge in [0, 0.05) is 84.3 Å². The first-order valence-corrected chi connectivity index (χ1v) is 22.1. The van der Waals surface area contributed by atoms with E-state index in [1.807, 2.05) is 79.8 Å². The lowest BCUT2D eigenvalue weighted by molar-refractivity contribution is -0.384. The molecule has 5 aromatic carbocycles. The molecule has 1 heterocycles. The van der Waals surface area contributed by atoms with Gasteiger partial charge in [0.05, 0.1) is 9.82 Å². The number of piperazine rings is 1. The van der Waals surface area contributed by atoms with E-state index in [1.54, 1.807) is 23.9 Å². The van der Waals surface area contributed by atoms with E-state index < -0.39 is 26.5 Å². The van der Waals surface area contributed by atoms with Crippen molar-refractivity contribution in [3.8, 4) is 11.1 Å². The van der Waals surface area contributed by atoms with Gasteiger partial charge in [0.1, 0.15) is 5.69 Å². The minimum absolute atomic E-state index is 0.151. The van der Waals surface area contributed by atoms with Crippen LogP contribution < -0.4 is 14.9 Å². The van der Waals surface area contributed by atoms with E-state index in [0.717, 1.165) is 61.5 Å². The Morgan fingerprint density at radius 2 is 1.57 bits per heavy atom. The summed E-state index contributed by atoms with van der Waals surface area (Å²) in [5.74, 6) is -0.188. The van der Waals surface area contributed by atoms with Crippen molar-refractivity contribution < 1.29 is 18.1 Å². The summed E-state index contributed by atoms with van der Waals surface area (Å²) in [6.45, 7) is 9.05. The quantitative estimate of drug-likeness (QED) is 0.0534. The second-order valence-corrected chi connectivity index (χ2v) is 17.9. The maximum absolute atomic E-state index is 13.4. The van der Waals surface area contributed by atoms with Crippen molar-refractivity contribution in [1.29, 1.82) is 0 Å². The Balaban J connectivity index is 1.06. The lowest BCUT2D eigenvalue weighted by Gasteiger charge is -2.36. The first-order chi connectivity index (χ1) is 27.9. The number of hydrogen-bond donors (Lipinski definition) is 2. The molecule has 6 rings (SSSR count). The zero-order chi connectivity index (χ0) is 41.2. The van der Waals surface area contributed by atoms with Gasteiger partial charge in [-0.15, -0.1) is 11.8 Å². The monoisotopic (exact) mass is 840 g/mol. The molecule has 0 radical (unpaired) electrons. The molecule has 1 aliphatic heterocycles. The summed E-state index contributed by atoms with van der Waals surface area (Å²) in [6.07, 6.45) is 0.706. The SMILES string of the molecule is CC(C)N(C)CC[C@H](CSc1ccccc1)Nc1ccc(S(=O)(=O)NC(=O)c2ccc(N3CCN(Cc4ccccc4-c4ccc(Cl)cc4)CC3)cc2)cc1[N+](=O)[O-]. The molecular formula is C44H49ClN6O5S2. The molecule has 0 aliphatic carbocycles. The third kappa shape index (κ3) is 11.4. The van der Waals surface area contributed by atoms with Crippen LogP contribution in [0, 0.1) is 10.1 Å². The van der Waals surface area contributed by atoms with E-state index in [2.05, 4.69) is 56.8 Å². The van der Waals surface area contributed by atoms with Gasteiger partial charge in [0.15, 0.2) is 0 Å². The van der Waals surface area contributed by atoms with E-state index in [9.17, 15) is 23.3 Å². The van der Waals surface area contributed by atoms with E-state index >= 15 is 0 Å². The molecule has 1 saturated heterocycles. The summed E-state index contributed by atoms with van der Waals surface area (Å²) in [6, 6.07) is 36.9. The molecule has 14 heteroatoms. The molecule has 0 bridgehead atoms. The van der Waals surface area contributed by atoms with Crippen LogP contribution in [0.3, 0.4) is 0 Å². The smallest absolute Gasteiger partial charge is 0.293 e. The standard InChI is InChI=1S/C44H49ClN6O5S2/c1-32(2)48(3)24-23-37(31-57-39-10-5-4-6-11-39)46-42-22-21-40(29-43(42)51(53)54)58(55,56)47-44(52)34-15-19-38(20-16-34)50-27-25-49(26-28-50)30-35-9-7-8-12-41(35)33-13-17-36(45)18-14-33/h4-22,29,32,37,46H,23-28,30-31H2,1-3H3,(H,47,52)/t37-/m1/s1. The lowest BCUT2D eigenvalue weighted by Crippen LogP contribution is -2.46. The van der Waals surface area contributed by atoms with E-state index in [0.29, 0.717) is 23.2 Å². The molecule has 0 saturated carbocycles. The third-order valence-corrected chi connectivity index (χ3v) is 13.2. The van der Waals surface area contributed by atoms with Crippen molar-refractivity contribution >= 4 is 56.4 Å². The fourth-order valence-electron chi connectivity index (χ4n) is 6.74. The number of rotatable bonds is 17. The average Bonchev–Trinajstić information content (AvgIpc) is 3.22. The number of nitrogens with zero attached hydrogens (tertiary/aromatic N) is 4. The summed E-state index contributed by atoms with van der Waals surface area (Å²) in [5.41, 5.74) is 4.45. The fraction of sp³-hybridized carbons (Fsp3) is 0.295. The van der Waals surface area contributed by atoms with Crippen LogP contribution >= 0.6 is 23.4 Å². The minimum atomic E-state index is -4.44. The minimum Gasteiger partial charge on any atom is -0.376 e. The van der Waals surface area contributed by atoms with Gasteiger partial charge in [-0.05, 0) is 105 Å². The number of nitro groups is 1. The van der Waals surface area contributed by atoms with Crippen LogP contribution in [-0.2, 0) is 16.6 Å². The van der Waals surface area contributed by atoms with Crippen LogP contribution in [0.15, 0.2) is 131 Å². The Kier molecular flexibility index (Phi) is 14.5. The average molecular weight is 842 g/mol. The number of carbonyl (C=O) groups is 1. The maximum Gasteiger partial charge on any atom is 0.293 e. The fourth-order valence-corrected chi connectivity index (χ4v) is 8.85. The highest BCUT2D eigenvalue weighted by Crippen LogP contribution is 2.31. The third-order valence-electron chi connectivity index (χ3n) is 10.4. The second kappa shape index (κ2) is 19.7. The van der Waals surface area contributed by atoms with Gasteiger partial charge in [-0.25, -0.2) is 13.1 Å². The van der Waals surface area contributed by atoms with E-state index in [4.69, 9.17) is 11.6 Å². The lowest BCUT2D eigenvalue weighted by atomic mass is 9.99. The van der Waals surface area contributed by atoms with Crippen molar-refractivity contribution in [2.24, 2.45) is 0 Å². The molecule has 5 aromatic rings. The van der Waals surface area contributed by atoms with Crippen molar-refractivity contribution in [2.75, 3.05) is 55.7 Å². The molecule has 1 fully saturated rings. The van der Waals surface area contributed by atoms with Crippen molar-refractivity contribution in [1.82, 2.24) is 14.5 Å². The van der Waals surface area contributed by atoms with E-state index in [-0.39, 0.29) is 22.2 Å². The largest absolute Gasteiger partial charge is 0.376 e. The molecular weight excluding hydrogens is 792 g/mol. The molecule has 58 heavy (non-hydrogen) atoms. The van der Waals surface area contributed by atoms with Gasteiger partial charge in [-0.1, -0.05) is 66.2 Å². The molecule has 1 atom stereocenters. The topological polar surface area (TPSA) is 128 Å². The Morgan fingerprint density at radius 3 is 2.24 bits per heavy atom. The molecule has 304 valence electrons. The number of amides is 1. The van der Waals surface area contributed by atoms with Crippen molar-refractivity contribution in [2.45, 2.75) is 48.7 Å². The molecule has 1 amide bonds. The summed E-state index contributed by atoms with van der Waals surface area (Å²) in [7, 11) is -2.40. The Hall–Kier alpha value is -4.92. The molecule has 2 N–H and O–H groups in total. The van der Waals surface area contributed by atoms with Crippen LogP contribution in [0.25, 0.3) is 11.1 Å². The van der Waals surface area contributed by atoms with Crippen LogP contribution in [0.4, 0.5) is 17.1 Å². The van der Waals surface area contributed by atoms with E-state index in [1.165, 1.54) is 23.3 Å². The van der Waals surface area contributed by atoms with Crippen molar-refractivity contribution in [3.05, 3.63) is 148 Å². The second-order valence-electron chi connectivity index (χ2n) is 14.7. The van der Waals surface area contributed by atoms with Gasteiger partial charge in [-0.3, -0.25) is 19.8 Å². The number of sulfonamides is 1. The summed E-state index contributed by atoms with van der Waals surface area (Å²) >= 11 is 7.76. The summed E-state index contributed by atoms with van der Waals surface area (Å²) in [5, 5.41) is 16.3. The number of nitro benzene ring substituents is 1. The highest BCUT2D eigenvalue weighted by atomic mass is 35.5. The van der Waals surface area contributed by atoms with Crippen LogP contribution in [0.2, 0.25) is 5.02 Å². The number of anilines is 2. The first-order valence-electron chi connectivity index (χ1n) is 19.3. The van der Waals surface area contributed by atoms with Crippen LogP contribution in [0.5, 0.6) is 0 Å². The first kappa shape index (κ1) is 42.7. The normalized spacial score (nSPS) is 14.1. The number of nitrogens with one attached hydrogen (secondary N) is 2. The van der Waals surface area contributed by atoms with Gasteiger partial charge in [0.25, 0.3) is 21.6 Å². The number of halogens is 1. The Morgan fingerprint density at radius 1 is 0.897 bits per heavy atom. The van der Waals surface area contributed by atoms with Gasteiger partial charge in [0.2, 0.25) is 0 Å². The predicted octanol–water partition coefficient (Wildman–Crippen LogP) is 8.66. The Bertz CT molecular complexity index is 2270. The number of carbonyl (C=O) groups excluding carboxylic acids is 1. The van der Waals surface area contributed by atoms with Gasteiger partial charge < -0.3 is 15.1 Å². The van der Waals surface area contributed by atoms with Crippen LogP contribution in [0.1, 0.15) is 36.2 Å². The Labute approximate surface area is 350 Å². The molecule has 11 nitrogen and oxygen atoms in total. The van der Waals surface area contributed by atoms with Crippen LogP contribution in [-0.4, -0.2) is 86.7 Å². The highest BCUT2D eigenvalue weighted by Gasteiger charge is 2.26. The molecule has 0 spiro atoms. The highest BCUT2D eigenvalue weighted by molar-refractivity contribution is 7.99. The number of hydrogen-bond acceptors (Lipinski definition) is 10. The molecule has 0 unspecified atom stereocenters. The summed E-state index contributed by atoms with van der Waals surface area (Å²) < 4.78 is 28.9. The van der Waals surface area contributed by atoms with Gasteiger partial charge >= 0.3 is 0 Å². The van der Waals surface area contributed by atoms with Crippen molar-refractivity contribution in [3.63, 3.8) is 0 Å². The maximum atomic E-state index is 13.4. The zero-order valence-corrected chi connectivity index (χ0v) is 35.3. The number of benzene rings is 5. The van der Waals surface area contributed by atoms with Gasteiger partial charge in [-0.2, -0.15) is 0 Å². The molecule has 0 aromatic heterocycles. The predicted molar refractivity (Wildman–Crippen MR) is 236 cm³/mol. The summed E-state index contributed by atoms with van der Waals surface area (Å²) in [4.78, 5) is 32.4. The number of thioether (sulfide) groups is 1. The molecule has 1 aliphatic rings.